The molecule has 0 saturated carbocycles. The van der Waals surface area contributed by atoms with Gasteiger partial charge in [0, 0.05) is 18.0 Å². The second-order valence-electron chi connectivity index (χ2n) is 3.60. The summed E-state index contributed by atoms with van der Waals surface area (Å²) in [4.78, 5) is 8.13. The van der Waals surface area contributed by atoms with E-state index in [1.807, 2.05) is 0 Å². The van der Waals surface area contributed by atoms with E-state index in [-0.39, 0.29) is 0 Å². The molecule has 1 aromatic heterocycles. The van der Waals surface area contributed by atoms with Crippen LogP contribution < -0.4 is 0 Å². The third-order valence-corrected chi connectivity index (χ3v) is 2.87. The number of halogens is 4. The van der Waals surface area contributed by atoms with Crippen LogP contribution in [0.5, 0.6) is 0 Å². The van der Waals surface area contributed by atoms with E-state index in [0.29, 0.717) is 22.3 Å². The van der Waals surface area contributed by atoms with E-state index < -0.39 is 11.7 Å². The molecule has 0 radical (unpaired) electrons. The van der Waals surface area contributed by atoms with Crippen LogP contribution in [0.2, 0.25) is 0 Å². The fourth-order valence-corrected chi connectivity index (χ4v) is 1.71. The highest BCUT2D eigenvalue weighted by Crippen LogP contribution is 2.30. The highest BCUT2D eigenvalue weighted by molar-refractivity contribution is 9.08. The van der Waals surface area contributed by atoms with Crippen LogP contribution in [0, 0.1) is 0 Å². The first kappa shape index (κ1) is 13.0. The van der Waals surface area contributed by atoms with Crippen molar-refractivity contribution in [2.75, 3.05) is 0 Å². The van der Waals surface area contributed by atoms with Gasteiger partial charge >= 0.3 is 6.18 Å². The number of nitrogens with zero attached hydrogens (tertiary/aromatic N) is 2. The Morgan fingerprint density at radius 1 is 0.944 bits per heavy atom. The van der Waals surface area contributed by atoms with Crippen LogP contribution in [0.25, 0.3) is 11.1 Å². The number of rotatable bonds is 2. The standard InChI is InChI=1S/C12H8BrF3N2/c13-5-11-17-6-9(7-18-11)8-1-3-10(4-2-8)12(14,15)16/h1-4,6-7H,5H2. The molecule has 0 fully saturated rings. The van der Waals surface area contributed by atoms with Crippen molar-refractivity contribution in [3.05, 3.63) is 48.0 Å². The summed E-state index contributed by atoms with van der Waals surface area (Å²) in [6.07, 6.45) is -1.13. The molecule has 2 rings (SSSR count). The van der Waals surface area contributed by atoms with E-state index in [0.717, 1.165) is 12.1 Å². The molecule has 0 bridgehead atoms. The van der Waals surface area contributed by atoms with E-state index in [9.17, 15) is 13.2 Å². The van der Waals surface area contributed by atoms with Crippen molar-refractivity contribution in [2.45, 2.75) is 11.5 Å². The average molecular weight is 317 g/mol. The fraction of sp³-hybridized carbons (Fsp3) is 0.167. The molecular formula is C12H8BrF3N2. The Labute approximate surface area is 110 Å². The van der Waals surface area contributed by atoms with E-state index >= 15 is 0 Å². The zero-order chi connectivity index (χ0) is 13.2. The van der Waals surface area contributed by atoms with Crippen LogP contribution in [0.1, 0.15) is 11.4 Å². The molecule has 1 heterocycles. The van der Waals surface area contributed by atoms with Gasteiger partial charge in [-0.25, -0.2) is 9.97 Å². The maximum absolute atomic E-state index is 12.4. The SMILES string of the molecule is FC(F)(F)c1ccc(-c2cnc(CBr)nc2)cc1. The molecule has 94 valence electrons. The van der Waals surface area contributed by atoms with Gasteiger partial charge in [-0.2, -0.15) is 13.2 Å². The fourth-order valence-electron chi connectivity index (χ4n) is 1.42. The molecule has 2 aromatic rings. The van der Waals surface area contributed by atoms with E-state index in [1.54, 1.807) is 12.4 Å². The van der Waals surface area contributed by atoms with Crippen molar-refractivity contribution in [2.24, 2.45) is 0 Å². The first-order chi connectivity index (χ1) is 8.50. The molecule has 0 aliphatic carbocycles. The molecule has 0 amide bonds. The van der Waals surface area contributed by atoms with Crippen LogP contribution in [0.3, 0.4) is 0 Å². The molecule has 0 unspecified atom stereocenters. The van der Waals surface area contributed by atoms with E-state index in [2.05, 4.69) is 25.9 Å². The molecule has 0 aliphatic heterocycles. The topological polar surface area (TPSA) is 25.8 Å². The van der Waals surface area contributed by atoms with Gasteiger partial charge in [0.15, 0.2) is 0 Å². The summed E-state index contributed by atoms with van der Waals surface area (Å²) < 4.78 is 37.2. The molecule has 0 spiro atoms. The Hall–Kier alpha value is -1.43. The Balaban J connectivity index is 2.28. The van der Waals surface area contributed by atoms with Crippen molar-refractivity contribution in [3.63, 3.8) is 0 Å². The van der Waals surface area contributed by atoms with E-state index in [1.165, 1.54) is 12.1 Å². The van der Waals surface area contributed by atoms with Gasteiger partial charge in [-0.15, -0.1) is 0 Å². The number of hydrogen-bond donors (Lipinski definition) is 0. The zero-order valence-electron chi connectivity index (χ0n) is 9.08. The lowest BCUT2D eigenvalue weighted by atomic mass is 10.1. The molecular weight excluding hydrogens is 309 g/mol. The largest absolute Gasteiger partial charge is 0.416 e. The van der Waals surface area contributed by atoms with Crippen molar-refractivity contribution in [3.8, 4) is 11.1 Å². The average Bonchev–Trinajstić information content (AvgIpc) is 2.38. The quantitative estimate of drug-likeness (QED) is 0.781. The minimum absolute atomic E-state index is 0.542. The van der Waals surface area contributed by atoms with Gasteiger partial charge in [0.1, 0.15) is 5.82 Å². The van der Waals surface area contributed by atoms with Crippen LogP contribution >= 0.6 is 15.9 Å². The summed E-state index contributed by atoms with van der Waals surface area (Å²) in [5.41, 5.74) is 0.682. The van der Waals surface area contributed by atoms with Crippen molar-refractivity contribution >= 4 is 15.9 Å². The number of aromatic nitrogens is 2. The predicted molar refractivity (Wildman–Crippen MR) is 65.1 cm³/mol. The zero-order valence-corrected chi connectivity index (χ0v) is 10.7. The maximum atomic E-state index is 12.4. The number of hydrogen-bond acceptors (Lipinski definition) is 2. The minimum Gasteiger partial charge on any atom is -0.240 e. The van der Waals surface area contributed by atoms with Gasteiger partial charge in [-0.05, 0) is 17.7 Å². The normalized spacial score (nSPS) is 11.6. The molecule has 0 atom stereocenters. The smallest absolute Gasteiger partial charge is 0.240 e. The molecule has 18 heavy (non-hydrogen) atoms. The first-order valence-corrected chi connectivity index (χ1v) is 6.17. The molecule has 0 N–H and O–H groups in total. The van der Waals surface area contributed by atoms with Crippen LogP contribution in [0.4, 0.5) is 13.2 Å². The third-order valence-electron chi connectivity index (χ3n) is 2.37. The number of alkyl halides is 4. The predicted octanol–water partition coefficient (Wildman–Crippen LogP) is 4.06. The summed E-state index contributed by atoms with van der Waals surface area (Å²) in [6, 6.07) is 4.92. The van der Waals surface area contributed by atoms with Gasteiger partial charge in [-0.1, -0.05) is 28.1 Å². The minimum atomic E-state index is -4.31. The van der Waals surface area contributed by atoms with Crippen molar-refractivity contribution in [1.82, 2.24) is 9.97 Å². The van der Waals surface area contributed by atoms with Gasteiger partial charge in [0.2, 0.25) is 0 Å². The second kappa shape index (κ2) is 5.06. The Kier molecular flexibility index (Phi) is 3.65. The Bertz CT molecular complexity index is 521. The summed E-state index contributed by atoms with van der Waals surface area (Å²) in [5, 5.41) is 0.542. The van der Waals surface area contributed by atoms with E-state index in [4.69, 9.17) is 0 Å². The lowest BCUT2D eigenvalue weighted by Gasteiger charge is -2.07. The van der Waals surface area contributed by atoms with Crippen molar-refractivity contribution in [1.29, 1.82) is 0 Å². The lowest BCUT2D eigenvalue weighted by molar-refractivity contribution is -0.137. The third kappa shape index (κ3) is 2.87. The molecule has 0 aliphatic rings. The molecule has 0 saturated heterocycles. The maximum Gasteiger partial charge on any atom is 0.416 e. The van der Waals surface area contributed by atoms with Crippen LogP contribution in [-0.2, 0) is 11.5 Å². The Morgan fingerprint density at radius 3 is 1.94 bits per heavy atom. The molecule has 1 aromatic carbocycles. The van der Waals surface area contributed by atoms with Crippen molar-refractivity contribution < 1.29 is 13.2 Å². The van der Waals surface area contributed by atoms with Gasteiger partial charge in [-0.3, -0.25) is 0 Å². The second-order valence-corrected chi connectivity index (χ2v) is 4.16. The lowest BCUT2D eigenvalue weighted by Crippen LogP contribution is -2.04. The first-order valence-electron chi connectivity index (χ1n) is 5.05. The summed E-state index contributed by atoms with van der Waals surface area (Å²) >= 11 is 3.22. The highest BCUT2D eigenvalue weighted by Gasteiger charge is 2.29. The Morgan fingerprint density at radius 2 is 1.50 bits per heavy atom. The van der Waals surface area contributed by atoms with Gasteiger partial charge < -0.3 is 0 Å². The summed E-state index contributed by atoms with van der Waals surface area (Å²) in [5.74, 6) is 0.630. The van der Waals surface area contributed by atoms with Crippen LogP contribution in [0.15, 0.2) is 36.7 Å². The molecule has 2 nitrogen and oxygen atoms in total. The van der Waals surface area contributed by atoms with Crippen LogP contribution in [-0.4, -0.2) is 9.97 Å². The van der Waals surface area contributed by atoms with Gasteiger partial charge in [0.25, 0.3) is 0 Å². The highest BCUT2D eigenvalue weighted by atomic mass is 79.9. The number of benzene rings is 1. The summed E-state index contributed by atoms with van der Waals surface area (Å²) in [7, 11) is 0. The van der Waals surface area contributed by atoms with Gasteiger partial charge in [0.05, 0.1) is 10.9 Å². The molecule has 6 heteroatoms. The monoisotopic (exact) mass is 316 g/mol. The summed E-state index contributed by atoms with van der Waals surface area (Å²) in [6.45, 7) is 0.